The van der Waals surface area contributed by atoms with E-state index in [9.17, 15) is 8.78 Å². The first-order chi connectivity index (χ1) is 9.47. The lowest BCUT2D eigenvalue weighted by Crippen LogP contribution is -2.09. The SMILES string of the molecule is CC(C)Oc1nc(Oc2cccc(F)c2F)ccc1N. The van der Waals surface area contributed by atoms with Crippen molar-refractivity contribution in [3.05, 3.63) is 42.0 Å². The average molecular weight is 280 g/mol. The molecule has 0 saturated heterocycles. The van der Waals surface area contributed by atoms with Crippen molar-refractivity contribution in [1.82, 2.24) is 4.98 Å². The summed E-state index contributed by atoms with van der Waals surface area (Å²) in [4.78, 5) is 4.02. The van der Waals surface area contributed by atoms with Gasteiger partial charge in [-0.1, -0.05) is 6.07 Å². The second-order valence-electron chi connectivity index (χ2n) is 4.36. The Kier molecular flexibility index (Phi) is 4.02. The lowest BCUT2D eigenvalue weighted by atomic mass is 10.3. The van der Waals surface area contributed by atoms with Crippen molar-refractivity contribution in [2.75, 3.05) is 5.73 Å². The fraction of sp³-hybridized carbons (Fsp3) is 0.214. The summed E-state index contributed by atoms with van der Waals surface area (Å²) in [5.74, 6) is -2.06. The molecule has 0 aliphatic rings. The third-order valence-corrected chi connectivity index (χ3v) is 2.34. The smallest absolute Gasteiger partial charge is 0.240 e. The van der Waals surface area contributed by atoms with E-state index in [-0.39, 0.29) is 23.6 Å². The molecular formula is C14H14F2N2O2. The summed E-state index contributed by atoms with van der Waals surface area (Å²) in [5.41, 5.74) is 6.05. The minimum Gasteiger partial charge on any atom is -0.473 e. The summed E-state index contributed by atoms with van der Waals surface area (Å²) in [6, 6.07) is 6.63. The Morgan fingerprint density at radius 2 is 1.90 bits per heavy atom. The van der Waals surface area contributed by atoms with Crippen LogP contribution >= 0.6 is 0 Å². The van der Waals surface area contributed by atoms with Gasteiger partial charge in [0.15, 0.2) is 11.6 Å². The van der Waals surface area contributed by atoms with E-state index >= 15 is 0 Å². The Hall–Kier alpha value is -2.37. The van der Waals surface area contributed by atoms with Gasteiger partial charge < -0.3 is 15.2 Å². The van der Waals surface area contributed by atoms with Crippen molar-refractivity contribution in [1.29, 1.82) is 0 Å². The molecule has 0 amide bonds. The van der Waals surface area contributed by atoms with E-state index in [1.165, 1.54) is 24.3 Å². The molecule has 0 aliphatic heterocycles. The molecule has 0 unspecified atom stereocenters. The van der Waals surface area contributed by atoms with Gasteiger partial charge in [-0.15, -0.1) is 0 Å². The third kappa shape index (κ3) is 3.14. The fourth-order valence-corrected chi connectivity index (χ4v) is 1.48. The maximum atomic E-state index is 13.5. The molecule has 0 radical (unpaired) electrons. The molecule has 2 N–H and O–H groups in total. The van der Waals surface area contributed by atoms with Crippen LogP contribution < -0.4 is 15.2 Å². The van der Waals surface area contributed by atoms with Crippen molar-refractivity contribution in [3.8, 4) is 17.5 Å². The van der Waals surface area contributed by atoms with Crippen molar-refractivity contribution in [2.45, 2.75) is 20.0 Å². The first kappa shape index (κ1) is 14.0. The van der Waals surface area contributed by atoms with Crippen molar-refractivity contribution in [3.63, 3.8) is 0 Å². The largest absolute Gasteiger partial charge is 0.473 e. The summed E-state index contributed by atoms with van der Waals surface area (Å²) >= 11 is 0. The van der Waals surface area contributed by atoms with E-state index < -0.39 is 11.6 Å². The second-order valence-corrected chi connectivity index (χ2v) is 4.36. The van der Waals surface area contributed by atoms with E-state index in [4.69, 9.17) is 15.2 Å². The van der Waals surface area contributed by atoms with Gasteiger partial charge in [-0.05, 0) is 32.0 Å². The number of nitrogen functional groups attached to an aromatic ring is 1. The van der Waals surface area contributed by atoms with Gasteiger partial charge in [0.05, 0.1) is 11.8 Å². The highest BCUT2D eigenvalue weighted by Gasteiger charge is 2.12. The van der Waals surface area contributed by atoms with Crippen molar-refractivity contribution < 1.29 is 18.3 Å². The quantitative estimate of drug-likeness (QED) is 0.931. The molecule has 0 fully saturated rings. The number of hydrogen-bond acceptors (Lipinski definition) is 4. The molecular weight excluding hydrogens is 266 g/mol. The molecule has 2 rings (SSSR count). The number of anilines is 1. The van der Waals surface area contributed by atoms with Crippen LogP contribution in [0.3, 0.4) is 0 Å². The molecule has 6 heteroatoms. The molecule has 0 spiro atoms. The first-order valence-electron chi connectivity index (χ1n) is 6.02. The van der Waals surface area contributed by atoms with Crippen LogP contribution in [0.2, 0.25) is 0 Å². The number of rotatable bonds is 4. The van der Waals surface area contributed by atoms with E-state index in [2.05, 4.69) is 4.98 Å². The number of hydrogen-bond donors (Lipinski definition) is 1. The highest BCUT2D eigenvalue weighted by molar-refractivity contribution is 5.49. The Balaban J connectivity index is 2.27. The lowest BCUT2D eigenvalue weighted by Gasteiger charge is -2.12. The van der Waals surface area contributed by atoms with Gasteiger partial charge in [-0.25, -0.2) is 4.39 Å². The van der Waals surface area contributed by atoms with Gasteiger partial charge in [-0.2, -0.15) is 9.37 Å². The minimum atomic E-state index is -1.07. The molecule has 106 valence electrons. The van der Waals surface area contributed by atoms with Gasteiger partial charge in [0.1, 0.15) is 0 Å². The van der Waals surface area contributed by atoms with Crippen LogP contribution in [0.1, 0.15) is 13.8 Å². The topological polar surface area (TPSA) is 57.4 Å². The number of nitrogens with two attached hydrogens (primary N) is 1. The maximum absolute atomic E-state index is 13.5. The number of benzene rings is 1. The Morgan fingerprint density at radius 3 is 2.60 bits per heavy atom. The van der Waals surface area contributed by atoms with Crippen LogP contribution in [-0.2, 0) is 0 Å². The molecule has 4 nitrogen and oxygen atoms in total. The first-order valence-corrected chi connectivity index (χ1v) is 6.02. The van der Waals surface area contributed by atoms with Gasteiger partial charge >= 0.3 is 0 Å². The molecule has 0 bridgehead atoms. The van der Waals surface area contributed by atoms with E-state index in [1.807, 2.05) is 13.8 Å². The maximum Gasteiger partial charge on any atom is 0.240 e. The summed E-state index contributed by atoms with van der Waals surface area (Å²) < 4.78 is 37.2. The normalized spacial score (nSPS) is 10.7. The van der Waals surface area contributed by atoms with Crippen molar-refractivity contribution in [2.24, 2.45) is 0 Å². The lowest BCUT2D eigenvalue weighted by molar-refractivity contribution is 0.231. The third-order valence-electron chi connectivity index (χ3n) is 2.34. The van der Waals surface area contributed by atoms with Crippen LogP contribution in [0.15, 0.2) is 30.3 Å². The van der Waals surface area contributed by atoms with Crippen LogP contribution in [-0.4, -0.2) is 11.1 Å². The zero-order valence-corrected chi connectivity index (χ0v) is 11.1. The second kappa shape index (κ2) is 5.73. The predicted molar refractivity (Wildman–Crippen MR) is 70.8 cm³/mol. The summed E-state index contributed by atoms with van der Waals surface area (Å²) in [5, 5.41) is 0. The monoisotopic (exact) mass is 280 g/mol. The molecule has 20 heavy (non-hydrogen) atoms. The van der Waals surface area contributed by atoms with Gasteiger partial charge in [0.2, 0.25) is 17.6 Å². The van der Waals surface area contributed by atoms with Crippen LogP contribution in [0, 0.1) is 11.6 Å². The van der Waals surface area contributed by atoms with Crippen LogP contribution in [0.25, 0.3) is 0 Å². The zero-order chi connectivity index (χ0) is 14.7. The number of nitrogens with zero attached hydrogens (tertiary/aromatic N) is 1. The standard InChI is InChI=1S/C14H14F2N2O2/c1-8(2)19-14-10(17)6-7-12(18-14)20-11-5-3-4-9(15)13(11)16/h3-8H,17H2,1-2H3. The Labute approximate surface area is 115 Å². The van der Waals surface area contributed by atoms with E-state index in [0.717, 1.165) is 6.07 Å². The van der Waals surface area contributed by atoms with E-state index in [0.29, 0.717) is 5.69 Å². The molecule has 1 heterocycles. The average Bonchev–Trinajstić information content (AvgIpc) is 2.38. The van der Waals surface area contributed by atoms with Gasteiger partial charge in [-0.3, -0.25) is 0 Å². The van der Waals surface area contributed by atoms with E-state index in [1.54, 1.807) is 0 Å². The number of halogens is 2. The van der Waals surface area contributed by atoms with Crippen LogP contribution in [0.4, 0.5) is 14.5 Å². The molecule has 0 atom stereocenters. The van der Waals surface area contributed by atoms with Crippen molar-refractivity contribution >= 4 is 5.69 Å². The molecule has 0 aliphatic carbocycles. The predicted octanol–water partition coefficient (Wildman–Crippen LogP) is 3.52. The highest BCUT2D eigenvalue weighted by atomic mass is 19.2. The number of ether oxygens (including phenoxy) is 2. The van der Waals surface area contributed by atoms with Gasteiger partial charge in [0, 0.05) is 6.07 Å². The summed E-state index contributed by atoms with van der Waals surface area (Å²) in [7, 11) is 0. The van der Waals surface area contributed by atoms with Gasteiger partial charge in [0.25, 0.3) is 0 Å². The molecule has 1 aromatic carbocycles. The Morgan fingerprint density at radius 1 is 1.15 bits per heavy atom. The molecule has 2 aromatic rings. The number of pyridine rings is 1. The summed E-state index contributed by atoms with van der Waals surface area (Å²) in [6.07, 6.45) is -0.119. The van der Waals surface area contributed by atoms with Crippen LogP contribution in [0.5, 0.6) is 17.5 Å². The molecule has 0 saturated carbocycles. The highest BCUT2D eigenvalue weighted by Crippen LogP contribution is 2.28. The molecule has 1 aromatic heterocycles. The zero-order valence-electron chi connectivity index (χ0n) is 11.1. The Bertz CT molecular complexity index is 618. The summed E-state index contributed by atoms with van der Waals surface area (Å²) in [6.45, 7) is 3.64. The fourth-order valence-electron chi connectivity index (χ4n) is 1.48. The number of aromatic nitrogens is 1. The minimum absolute atomic E-state index is 0.0688.